The van der Waals surface area contributed by atoms with Gasteiger partial charge in [-0.05, 0) is 19.1 Å². The molecular weight excluding hydrogens is 166 g/mol. The van der Waals surface area contributed by atoms with Gasteiger partial charge in [0.15, 0.2) is 17.1 Å². The molecule has 2 N–H and O–H groups in total. The van der Waals surface area contributed by atoms with Crippen LogP contribution >= 0.6 is 0 Å². The van der Waals surface area contributed by atoms with Gasteiger partial charge in [-0.25, -0.2) is 0 Å². The van der Waals surface area contributed by atoms with Crippen molar-refractivity contribution in [3.8, 4) is 11.5 Å². The van der Waals surface area contributed by atoms with E-state index in [0.29, 0.717) is 13.2 Å². The standard InChI is InChI=1S/C10H13NO2/c1-10(6-11)7-12-8-4-2-3-5-9(8)13-10/h2-5H,6-7,11H2,1H3/t10-/m0/s1. The van der Waals surface area contributed by atoms with Crippen molar-refractivity contribution in [3.63, 3.8) is 0 Å². The molecular formula is C10H13NO2. The summed E-state index contributed by atoms with van der Waals surface area (Å²) >= 11 is 0. The molecule has 0 spiro atoms. The average molecular weight is 179 g/mol. The number of rotatable bonds is 1. The molecule has 1 aliphatic rings. The van der Waals surface area contributed by atoms with Gasteiger partial charge in [-0.1, -0.05) is 12.1 Å². The molecule has 1 aromatic carbocycles. The highest BCUT2D eigenvalue weighted by molar-refractivity contribution is 5.41. The quantitative estimate of drug-likeness (QED) is 0.704. The molecule has 70 valence electrons. The van der Waals surface area contributed by atoms with Crippen molar-refractivity contribution in [1.29, 1.82) is 0 Å². The summed E-state index contributed by atoms with van der Waals surface area (Å²) in [5.41, 5.74) is 5.21. The molecule has 13 heavy (non-hydrogen) atoms. The molecule has 0 amide bonds. The Labute approximate surface area is 77.5 Å². The number of nitrogens with two attached hydrogens (primary N) is 1. The summed E-state index contributed by atoms with van der Waals surface area (Å²) in [6, 6.07) is 7.63. The van der Waals surface area contributed by atoms with E-state index in [1.807, 2.05) is 31.2 Å². The van der Waals surface area contributed by atoms with Gasteiger partial charge in [0.05, 0.1) is 0 Å². The van der Waals surface area contributed by atoms with E-state index in [1.165, 1.54) is 0 Å². The molecule has 0 fully saturated rings. The summed E-state index contributed by atoms with van der Waals surface area (Å²) in [4.78, 5) is 0. The molecule has 2 rings (SSSR count). The molecule has 0 bridgehead atoms. The number of fused-ring (bicyclic) bond motifs is 1. The second kappa shape index (κ2) is 2.92. The number of para-hydroxylation sites is 2. The highest BCUT2D eigenvalue weighted by Crippen LogP contribution is 2.34. The average Bonchev–Trinajstić information content (AvgIpc) is 2.18. The summed E-state index contributed by atoms with van der Waals surface area (Å²) in [5.74, 6) is 1.58. The Morgan fingerprint density at radius 1 is 1.38 bits per heavy atom. The largest absolute Gasteiger partial charge is 0.485 e. The lowest BCUT2D eigenvalue weighted by Crippen LogP contribution is -2.48. The Morgan fingerprint density at radius 3 is 2.77 bits per heavy atom. The number of ether oxygens (including phenoxy) is 2. The van der Waals surface area contributed by atoms with Gasteiger partial charge >= 0.3 is 0 Å². The maximum atomic E-state index is 5.72. The number of benzene rings is 1. The van der Waals surface area contributed by atoms with Crippen molar-refractivity contribution >= 4 is 0 Å². The third kappa shape index (κ3) is 1.47. The third-order valence-corrected chi connectivity index (χ3v) is 2.17. The Balaban J connectivity index is 2.29. The van der Waals surface area contributed by atoms with Gasteiger partial charge in [0.2, 0.25) is 0 Å². The molecule has 1 aliphatic heterocycles. The van der Waals surface area contributed by atoms with E-state index in [9.17, 15) is 0 Å². The minimum Gasteiger partial charge on any atom is -0.485 e. The van der Waals surface area contributed by atoms with Crippen LogP contribution in [-0.2, 0) is 0 Å². The molecule has 0 radical (unpaired) electrons. The molecule has 0 saturated heterocycles. The van der Waals surface area contributed by atoms with Crippen LogP contribution in [0.1, 0.15) is 6.92 Å². The first kappa shape index (κ1) is 8.38. The van der Waals surface area contributed by atoms with Crippen molar-refractivity contribution in [2.24, 2.45) is 5.73 Å². The smallest absolute Gasteiger partial charge is 0.162 e. The fraction of sp³-hybridized carbons (Fsp3) is 0.400. The van der Waals surface area contributed by atoms with E-state index >= 15 is 0 Å². The van der Waals surface area contributed by atoms with Crippen LogP contribution in [0.3, 0.4) is 0 Å². The second-order valence-electron chi connectivity index (χ2n) is 3.49. The molecule has 1 atom stereocenters. The topological polar surface area (TPSA) is 44.5 Å². The summed E-state index contributed by atoms with van der Waals surface area (Å²) < 4.78 is 11.2. The fourth-order valence-corrected chi connectivity index (χ4v) is 1.28. The maximum Gasteiger partial charge on any atom is 0.162 e. The first-order valence-electron chi connectivity index (χ1n) is 4.34. The zero-order valence-corrected chi connectivity index (χ0v) is 7.62. The molecule has 3 heteroatoms. The van der Waals surface area contributed by atoms with Gasteiger partial charge in [0.1, 0.15) is 6.61 Å². The normalized spacial score (nSPS) is 25.7. The van der Waals surface area contributed by atoms with Gasteiger partial charge in [0.25, 0.3) is 0 Å². The molecule has 0 aliphatic carbocycles. The zero-order valence-electron chi connectivity index (χ0n) is 7.62. The van der Waals surface area contributed by atoms with Gasteiger partial charge in [0, 0.05) is 6.54 Å². The highest BCUT2D eigenvalue weighted by atomic mass is 16.6. The van der Waals surface area contributed by atoms with Gasteiger partial charge in [-0.2, -0.15) is 0 Å². The predicted octanol–water partition coefficient (Wildman–Crippen LogP) is 1.18. The molecule has 3 nitrogen and oxygen atoms in total. The summed E-state index contributed by atoms with van der Waals surface area (Å²) in [6.07, 6.45) is 0. The minimum absolute atomic E-state index is 0.381. The van der Waals surface area contributed by atoms with E-state index in [0.717, 1.165) is 11.5 Å². The zero-order chi connectivity index (χ0) is 9.31. The van der Waals surface area contributed by atoms with Gasteiger partial charge < -0.3 is 15.2 Å². The Bertz CT molecular complexity index is 314. The van der Waals surface area contributed by atoms with E-state index in [2.05, 4.69) is 0 Å². The summed E-state index contributed by atoms with van der Waals surface area (Å²) in [7, 11) is 0. The number of hydrogen-bond donors (Lipinski definition) is 1. The summed E-state index contributed by atoms with van der Waals surface area (Å²) in [6.45, 7) is 2.92. The Morgan fingerprint density at radius 2 is 2.08 bits per heavy atom. The van der Waals surface area contributed by atoms with Crippen LogP contribution in [0.15, 0.2) is 24.3 Å². The Hall–Kier alpha value is -1.22. The lowest BCUT2D eigenvalue weighted by Gasteiger charge is -2.34. The van der Waals surface area contributed by atoms with Crippen molar-refractivity contribution in [3.05, 3.63) is 24.3 Å². The van der Waals surface area contributed by atoms with E-state index in [4.69, 9.17) is 15.2 Å². The predicted molar refractivity (Wildman–Crippen MR) is 50.0 cm³/mol. The molecule has 1 aromatic rings. The van der Waals surface area contributed by atoms with Crippen LogP contribution in [0.2, 0.25) is 0 Å². The number of hydrogen-bond acceptors (Lipinski definition) is 3. The highest BCUT2D eigenvalue weighted by Gasteiger charge is 2.31. The van der Waals surface area contributed by atoms with Crippen LogP contribution in [0.5, 0.6) is 11.5 Å². The van der Waals surface area contributed by atoms with E-state index in [-0.39, 0.29) is 5.60 Å². The van der Waals surface area contributed by atoms with Crippen molar-refractivity contribution < 1.29 is 9.47 Å². The van der Waals surface area contributed by atoms with Crippen LogP contribution in [-0.4, -0.2) is 18.8 Å². The minimum atomic E-state index is -0.381. The van der Waals surface area contributed by atoms with Crippen molar-refractivity contribution in [2.45, 2.75) is 12.5 Å². The first-order valence-corrected chi connectivity index (χ1v) is 4.34. The van der Waals surface area contributed by atoms with Gasteiger partial charge in [-0.3, -0.25) is 0 Å². The second-order valence-corrected chi connectivity index (χ2v) is 3.49. The van der Waals surface area contributed by atoms with Crippen LogP contribution in [0.4, 0.5) is 0 Å². The lowest BCUT2D eigenvalue weighted by atomic mass is 10.1. The van der Waals surface area contributed by atoms with E-state index < -0.39 is 0 Å². The first-order chi connectivity index (χ1) is 6.23. The summed E-state index contributed by atoms with van der Waals surface area (Å²) in [5, 5.41) is 0. The Kier molecular flexibility index (Phi) is 1.88. The molecule has 0 unspecified atom stereocenters. The third-order valence-electron chi connectivity index (χ3n) is 2.17. The van der Waals surface area contributed by atoms with Gasteiger partial charge in [-0.15, -0.1) is 0 Å². The van der Waals surface area contributed by atoms with Crippen LogP contribution in [0, 0.1) is 0 Å². The lowest BCUT2D eigenvalue weighted by molar-refractivity contribution is 0.0134. The van der Waals surface area contributed by atoms with Crippen molar-refractivity contribution in [1.82, 2.24) is 0 Å². The van der Waals surface area contributed by atoms with Crippen LogP contribution < -0.4 is 15.2 Å². The molecule has 0 saturated carbocycles. The van der Waals surface area contributed by atoms with E-state index in [1.54, 1.807) is 0 Å². The molecule has 0 aromatic heterocycles. The monoisotopic (exact) mass is 179 g/mol. The van der Waals surface area contributed by atoms with Crippen molar-refractivity contribution in [2.75, 3.05) is 13.2 Å². The maximum absolute atomic E-state index is 5.72. The molecule has 1 heterocycles. The fourth-order valence-electron chi connectivity index (χ4n) is 1.28. The SMILES string of the molecule is C[C@]1(CN)COc2ccccc2O1. The van der Waals surface area contributed by atoms with Crippen LogP contribution in [0.25, 0.3) is 0 Å².